The van der Waals surface area contributed by atoms with E-state index in [4.69, 9.17) is 0 Å². The van der Waals surface area contributed by atoms with E-state index in [2.05, 4.69) is 27.4 Å². The summed E-state index contributed by atoms with van der Waals surface area (Å²) in [7, 11) is 0. The average Bonchev–Trinajstić information content (AvgIpc) is 3.16. The van der Waals surface area contributed by atoms with Crippen LogP contribution in [0.2, 0.25) is 0 Å². The predicted molar refractivity (Wildman–Crippen MR) is 94.2 cm³/mol. The summed E-state index contributed by atoms with van der Waals surface area (Å²) in [5.41, 5.74) is 0.831. The first-order valence-corrected chi connectivity index (χ1v) is 9.86. The first-order chi connectivity index (χ1) is 11.1. The first kappa shape index (κ1) is 17.8. The van der Waals surface area contributed by atoms with Crippen molar-refractivity contribution in [1.82, 2.24) is 15.2 Å². The van der Waals surface area contributed by atoms with Crippen molar-refractivity contribution < 1.29 is 4.79 Å². The van der Waals surface area contributed by atoms with E-state index in [1.165, 1.54) is 34.4 Å². The number of thioether (sulfide) groups is 1. The Labute approximate surface area is 147 Å². The number of rotatable bonds is 9. The summed E-state index contributed by atoms with van der Waals surface area (Å²) in [6.07, 6.45) is 2.20. The van der Waals surface area contributed by atoms with Gasteiger partial charge in [-0.1, -0.05) is 36.4 Å². The van der Waals surface area contributed by atoms with E-state index in [0.717, 1.165) is 34.6 Å². The summed E-state index contributed by atoms with van der Waals surface area (Å²) in [6, 6.07) is 2.05. The molecule has 2 aromatic rings. The number of carbonyl (C=O) groups is 1. The molecule has 0 aliphatic rings. The zero-order chi connectivity index (χ0) is 16.7. The Balaban J connectivity index is 1.87. The van der Waals surface area contributed by atoms with E-state index in [1.54, 1.807) is 0 Å². The van der Waals surface area contributed by atoms with E-state index in [1.807, 2.05) is 18.4 Å². The molecule has 2 rings (SSSR count). The molecule has 0 unspecified atom stereocenters. The molecule has 23 heavy (non-hydrogen) atoms. The summed E-state index contributed by atoms with van der Waals surface area (Å²) in [4.78, 5) is 16.5. The number of unbranched alkanes of at least 4 members (excludes halogenated alkanes) is 1. The maximum atomic E-state index is 12.2. The third kappa shape index (κ3) is 5.27. The Morgan fingerprint density at radius 3 is 3.00 bits per heavy atom. The van der Waals surface area contributed by atoms with Crippen LogP contribution in [0.4, 0.5) is 5.13 Å². The number of anilines is 1. The minimum atomic E-state index is -0.795. The monoisotopic (exact) mass is 367 g/mol. The highest BCUT2D eigenvalue weighted by Gasteiger charge is 2.23. The molecule has 0 bridgehead atoms. The lowest BCUT2D eigenvalue weighted by molar-refractivity contribution is -0.116. The van der Waals surface area contributed by atoms with Crippen molar-refractivity contribution in [2.24, 2.45) is 0 Å². The van der Waals surface area contributed by atoms with Crippen LogP contribution in [0.25, 0.3) is 0 Å². The fraction of sp³-hybridized carbons (Fsp3) is 0.500. The van der Waals surface area contributed by atoms with Gasteiger partial charge < -0.3 is 5.32 Å². The molecule has 0 aliphatic heterocycles. The minimum Gasteiger partial charge on any atom is -0.360 e. The molecular formula is C14H17N5OS3. The topological polar surface area (TPSA) is 91.6 Å². The molecule has 6 nitrogen and oxygen atoms in total. The number of aromatic nitrogens is 3. The molecule has 0 saturated carbocycles. The van der Waals surface area contributed by atoms with Crippen LogP contribution in [-0.4, -0.2) is 33.3 Å². The zero-order valence-electron chi connectivity index (χ0n) is 12.9. The first-order valence-electron chi connectivity index (χ1n) is 7.18. The van der Waals surface area contributed by atoms with E-state index in [0.29, 0.717) is 5.01 Å². The summed E-state index contributed by atoms with van der Waals surface area (Å²) in [5, 5.41) is 23.7. The van der Waals surface area contributed by atoms with Gasteiger partial charge in [0.25, 0.3) is 0 Å². The van der Waals surface area contributed by atoms with Crippen LogP contribution in [-0.2, 0) is 4.79 Å². The fourth-order valence-corrected chi connectivity index (χ4v) is 4.24. The van der Waals surface area contributed by atoms with Crippen LogP contribution < -0.4 is 5.32 Å². The summed E-state index contributed by atoms with van der Waals surface area (Å²) >= 11 is 4.09. The smallest absolute Gasteiger partial charge is 0.206 e. The van der Waals surface area contributed by atoms with Gasteiger partial charge in [0.2, 0.25) is 5.13 Å². The molecule has 0 saturated heterocycles. The molecule has 1 atom stereocenters. The number of aryl methyl sites for hydroxylation is 1. The maximum absolute atomic E-state index is 12.2. The molecular weight excluding hydrogens is 350 g/mol. The third-order valence-corrected chi connectivity index (χ3v) is 5.95. The number of hydrogen-bond donors (Lipinski definition) is 1. The van der Waals surface area contributed by atoms with Gasteiger partial charge in [-0.15, -0.1) is 21.5 Å². The average molecular weight is 368 g/mol. The highest BCUT2D eigenvalue weighted by molar-refractivity contribution is 8.01. The number of carbonyl (C=O) groups excluding carboxylic acids is 1. The van der Waals surface area contributed by atoms with Gasteiger partial charge >= 0.3 is 0 Å². The lowest BCUT2D eigenvalue weighted by atomic mass is 10.1. The maximum Gasteiger partial charge on any atom is 0.206 e. The second-order valence-electron chi connectivity index (χ2n) is 4.80. The van der Waals surface area contributed by atoms with E-state index < -0.39 is 5.92 Å². The van der Waals surface area contributed by atoms with Crippen molar-refractivity contribution in [2.45, 2.75) is 36.9 Å². The van der Waals surface area contributed by atoms with Crippen molar-refractivity contribution in [3.05, 3.63) is 16.1 Å². The van der Waals surface area contributed by atoms with Crippen molar-refractivity contribution in [3.8, 4) is 6.07 Å². The van der Waals surface area contributed by atoms with Crippen LogP contribution >= 0.6 is 34.4 Å². The second kappa shape index (κ2) is 8.96. The molecule has 0 radical (unpaired) electrons. The summed E-state index contributed by atoms with van der Waals surface area (Å²) in [6.45, 7) is 4.85. The van der Waals surface area contributed by atoms with Gasteiger partial charge in [0.1, 0.15) is 5.01 Å². The Bertz CT molecular complexity index is 691. The van der Waals surface area contributed by atoms with Gasteiger partial charge in [-0.2, -0.15) is 5.26 Å². The minimum absolute atomic E-state index is 0.150. The molecule has 122 valence electrons. The molecule has 0 spiro atoms. The van der Waals surface area contributed by atoms with E-state index in [9.17, 15) is 10.1 Å². The molecule has 9 heteroatoms. The number of nitrogens with zero attached hydrogens (tertiary/aromatic N) is 4. The lowest BCUT2D eigenvalue weighted by Gasteiger charge is -2.03. The fourth-order valence-electron chi connectivity index (χ4n) is 1.70. The standard InChI is InChI=1S/C14H17N5OS3/c1-3-4-5-16-13-18-19-14(23-13)22-8-11(20)10(6-15)12-17-9(2)7-21-12/h7,10H,3-5,8H2,1-2H3,(H,16,18)/t10-/m1/s1. The largest absolute Gasteiger partial charge is 0.360 e. The van der Waals surface area contributed by atoms with Gasteiger partial charge in [0, 0.05) is 17.6 Å². The highest BCUT2D eigenvalue weighted by atomic mass is 32.2. The number of Topliss-reactive ketones (excluding diaryl/α,β-unsaturated/α-hetero) is 1. The molecule has 0 aromatic carbocycles. The normalized spacial score (nSPS) is 11.9. The predicted octanol–water partition coefficient (Wildman–Crippen LogP) is 3.48. The summed E-state index contributed by atoms with van der Waals surface area (Å²) < 4.78 is 0.726. The van der Waals surface area contributed by atoms with Crippen LogP contribution in [0, 0.1) is 18.3 Å². The van der Waals surface area contributed by atoms with E-state index in [-0.39, 0.29) is 11.5 Å². The number of nitrogens with one attached hydrogen (secondary N) is 1. The molecule has 2 heterocycles. The third-order valence-electron chi connectivity index (χ3n) is 2.89. The van der Waals surface area contributed by atoms with E-state index >= 15 is 0 Å². The van der Waals surface area contributed by atoms with Crippen molar-refractivity contribution >= 4 is 45.4 Å². The van der Waals surface area contributed by atoms with Crippen molar-refractivity contribution in [2.75, 3.05) is 17.6 Å². The van der Waals surface area contributed by atoms with Crippen LogP contribution in [0.15, 0.2) is 9.72 Å². The van der Waals surface area contributed by atoms with Gasteiger partial charge in [-0.05, 0) is 13.3 Å². The Morgan fingerprint density at radius 1 is 1.52 bits per heavy atom. The van der Waals surface area contributed by atoms with Gasteiger partial charge in [0.15, 0.2) is 16.0 Å². The molecule has 0 amide bonds. The lowest BCUT2D eigenvalue weighted by Crippen LogP contribution is -2.13. The van der Waals surface area contributed by atoms with Crippen LogP contribution in [0.5, 0.6) is 0 Å². The quantitative estimate of drug-likeness (QED) is 0.536. The molecule has 2 aromatic heterocycles. The zero-order valence-corrected chi connectivity index (χ0v) is 15.4. The second-order valence-corrected chi connectivity index (χ2v) is 7.89. The Hall–Kier alpha value is -1.50. The molecule has 1 N–H and O–H groups in total. The highest BCUT2D eigenvalue weighted by Crippen LogP contribution is 2.28. The Kier molecular flexibility index (Phi) is 6.95. The van der Waals surface area contributed by atoms with Crippen molar-refractivity contribution in [3.63, 3.8) is 0 Å². The number of hydrogen-bond acceptors (Lipinski definition) is 9. The number of thiazole rings is 1. The number of nitriles is 1. The van der Waals surface area contributed by atoms with Crippen molar-refractivity contribution in [1.29, 1.82) is 5.26 Å². The molecule has 0 aliphatic carbocycles. The summed E-state index contributed by atoms with van der Waals surface area (Å²) in [5.74, 6) is -0.751. The molecule has 0 fully saturated rings. The number of ketones is 1. The van der Waals surface area contributed by atoms with Crippen LogP contribution in [0.1, 0.15) is 36.4 Å². The van der Waals surface area contributed by atoms with Gasteiger partial charge in [-0.25, -0.2) is 4.98 Å². The Morgan fingerprint density at radius 2 is 2.35 bits per heavy atom. The van der Waals surface area contributed by atoms with Gasteiger partial charge in [-0.3, -0.25) is 4.79 Å². The van der Waals surface area contributed by atoms with Gasteiger partial charge in [0.05, 0.1) is 11.8 Å². The van der Waals surface area contributed by atoms with Crippen LogP contribution in [0.3, 0.4) is 0 Å². The SMILES string of the molecule is CCCCNc1nnc(SCC(=O)[C@@H](C#N)c2nc(C)cs2)s1.